The molecule has 1 N–H and O–H groups in total. The van der Waals surface area contributed by atoms with Gasteiger partial charge in [0.1, 0.15) is 5.75 Å². The van der Waals surface area contributed by atoms with Gasteiger partial charge in [-0.2, -0.15) is 0 Å². The Labute approximate surface area is 145 Å². The number of ether oxygens (including phenoxy) is 1. The van der Waals surface area contributed by atoms with E-state index < -0.39 is 10.0 Å². The molecule has 7 heteroatoms. The van der Waals surface area contributed by atoms with Crippen LogP contribution in [0.4, 0.5) is 5.69 Å². The van der Waals surface area contributed by atoms with Crippen LogP contribution in [0.25, 0.3) is 11.3 Å². The van der Waals surface area contributed by atoms with Crippen molar-refractivity contribution in [2.75, 3.05) is 11.8 Å². The average Bonchev–Trinajstić information content (AvgIpc) is 3.02. The lowest BCUT2D eigenvalue weighted by molar-refractivity contribution is 0.414. The highest BCUT2D eigenvalue weighted by Crippen LogP contribution is 2.24. The van der Waals surface area contributed by atoms with E-state index in [0.717, 1.165) is 16.3 Å². The number of hydrogen-bond donors (Lipinski definition) is 1. The van der Waals surface area contributed by atoms with Crippen molar-refractivity contribution in [1.29, 1.82) is 0 Å². The number of anilines is 1. The molecule has 0 saturated carbocycles. The summed E-state index contributed by atoms with van der Waals surface area (Å²) in [4.78, 5) is 4.60. The van der Waals surface area contributed by atoms with Crippen LogP contribution in [0, 0.1) is 6.92 Å². The third-order valence-electron chi connectivity index (χ3n) is 3.42. The Hall–Kier alpha value is -2.38. The maximum atomic E-state index is 12.4. The topological polar surface area (TPSA) is 68.3 Å². The molecule has 3 rings (SSSR count). The Bertz CT molecular complexity index is 931. The number of thiazole rings is 1. The van der Waals surface area contributed by atoms with Crippen LogP contribution in [0.15, 0.2) is 58.8 Å². The molecule has 5 nitrogen and oxygen atoms in total. The number of aromatic nitrogens is 1. The predicted octanol–water partition coefficient (Wildman–Crippen LogP) is 3.93. The quantitative estimate of drug-likeness (QED) is 0.748. The van der Waals surface area contributed by atoms with E-state index in [2.05, 4.69) is 9.71 Å². The molecule has 1 aromatic heterocycles. The van der Waals surface area contributed by atoms with Crippen molar-refractivity contribution < 1.29 is 13.2 Å². The van der Waals surface area contributed by atoms with Crippen LogP contribution in [0.1, 0.15) is 5.01 Å². The summed E-state index contributed by atoms with van der Waals surface area (Å²) in [7, 11) is -2.10. The van der Waals surface area contributed by atoms with Gasteiger partial charge < -0.3 is 4.74 Å². The Kier molecular flexibility index (Phi) is 4.55. The van der Waals surface area contributed by atoms with E-state index in [9.17, 15) is 8.42 Å². The third-order valence-corrected chi connectivity index (χ3v) is 5.59. The first kappa shape index (κ1) is 16.5. The summed E-state index contributed by atoms with van der Waals surface area (Å²) in [6.07, 6.45) is 0. The first-order valence-electron chi connectivity index (χ1n) is 7.17. The van der Waals surface area contributed by atoms with Crippen LogP contribution in [0.2, 0.25) is 0 Å². The maximum absolute atomic E-state index is 12.4. The molecule has 2 aromatic carbocycles. The van der Waals surface area contributed by atoms with Gasteiger partial charge >= 0.3 is 0 Å². The number of nitrogens with one attached hydrogen (secondary N) is 1. The number of hydrogen-bond acceptors (Lipinski definition) is 5. The van der Waals surface area contributed by atoms with Crippen molar-refractivity contribution in [1.82, 2.24) is 4.98 Å². The summed E-state index contributed by atoms with van der Waals surface area (Å²) < 4.78 is 32.4. The maximum Gasteiger partial charge on any atom is 0.261 e. The molecule has 0 amide bonds. The van der Waals surface area contributed by atoms with E-state index in [-0.39, 0.29) is 4.90 Å². The molecule has 0 saturated heterocycles. The molecule has 3 aromatic rings. The van der Waals surface area contributed by atoms with Gasteiger partial charge in [-0.3, -0.25) is 4.72 Å². The largest absolute Gasteiger partial charge is 0.497 e. The number of methoxy groups -OCH3 is 1. The van der Waals surface area contributed by atoms with Crippen molar-refractivity contribution >= 4 is 27.0 Å². The van der Waals surface area contributed by atoms with Gasteiger partial charge in [0.15, 0.2) is 0 Å². The van der Waals surface area contributed by atoms with Gasteiger partial charge in [0.2, 0.25) is 0 Å². The molecule has 124 valence electrons. The van der Waals surface area contributed by atoms with Crippen LogP contribution in [-0.4, -0.2) is 20.5 Å². The summed E-state index contributed by atoms with van der Waals surface area (Å²) in [5.74, 6) is 0.608. The average molecular weight is 360 g/mol. The molecule has 0 aliphatic rings. The number of aryl methyl sites for hydroxylation is 1. The van der Waals surface area contributed by atoms with E-state index in [4.69, 9.17) is 4.74 Å². The lowest BCUT2D eigenvalue weighted by Gasteiger charge is -2.09. The second-order valence-electron chi connectivity index (χ2n) is 5.11. The summed E-state index contributed by atoms with van der Waals surface area (Å²) >= 11 is 1.58. The second-order valence-corrected chi connectivity index (χ2v) is 7.85. The minimum absolute atomic E-state index is 0.183. The zero-order valence-corrected chi connectivity index (χ0v) is 14.8. The van der Waals surface area contributed by atoms with Crippen LogP contribution >= 0.6 is 11.3 Å². The minimum Gasteiger partial charge on any atom is -0.497 e. The van der Waals surface area contributed by atoms with E-state index in [1.807, 2.05) is 24.4 Å². The van der Waals surface area contributed by atoms with Crippen molar-refractivity contribution in [2.45, 2.75) is 11.8 Å². The van der Waals surface area contributed by atoms with E-state index in [0.29, 0.717) is 11.4 Å². The van der Waals surface area contributed by atoms with Gasteiger partial charge in [-0.25, -0.2) is 13.4 Å². The zero-order valence-electron chi connectivity index (χ0n) is 13.2. The first-order chi connectivity index (χ1) is 11.5. The highest BCUT2D eigenvalue weighted by atomic mass is 32.2. The highest BCUT2D eigenvalue weighted by molar-refractivity contribution is 7.92. The summed E-state index contributed by atoms with van der Waals surface area (Å²) in [5, 5.41) is 2.97. The van der Waals surface area contributed by atoms with Gasteiger partial charge in [0.25, 0.3) is 10.0 Å². The summed E-state index contributed by atoms with van der Waals surface area (Å²) in [6, 6.07) is 13.4. The fraction of sp³-hybridized carbons (Fsp3) is 0.118. The Morgan fingerprint density at radius 1 is 1.04 bits per heavy atom. The van der Waals surface area contributed by atoms with Gasteiger partial charge in [0.05, 0.1) is 22.7 Å². The Balaban J connectivity index is 1.79. The number of rotatable bonds is 5. The normalized spacial score (nSPS) is 11.2. The minimum atomic E-state index is -3.63. The number of benzene rings is 2. The van der Waals surface area contributed by atoms with Crippen molar-refractivity contribution in [2.24, 2.45) is 0 Å². The first-order valence-corrected chi connectivity index (χ1v) is 9.54. The molecule has 0 aliphatic heterocycles. The molecular formula is C17H16N2O3S2. The number of sulfonamides is 1. The lowest BCUT2D eigenvalue weighted by atomic mass is 10.1. The molecule has 0 radical (unpaired) electrons. The third kappa shape index (κ3) is 3.58. The van der Waals surface area contributed by atoms with Crippen molar-refractivity contribution in [3.05, 3.63) is 58.9 Å². The molecule has 0 spiro atoms. The molecule has 0 atom stereocenters. The van der Waals surface area contributed by atoms with Gasteiger partial charge in [0, 0.05) is 16.6 Å². The smallest absolute Gasteiger partial charge is 0.261 e. The summed E-state index contributed by atoms with van der Waals surface area (Å²) in [6.45, 7) is 1.95. The fourth-order valence-electron chi connectivity index (χ4n) is 2.17. The van der Waals surface area contributed by atoms with Crippen molar-refractivity contribution in [3.63, 3.8) is 0 Å². The van der Waals surface area contributed by atoms with Crippen LogP contribution in [-0.2, 0) is 10.0 Å². The van der Waals surface area contributed by atoms with Crippen LogP contribution < -0.4 is 9.46 Å². The lowest BCUT2D eigenvalue weighted by Crippen LogP contribution is -2.12. The zero-order chi connectivity index (χ0) is 17.2. The van der Waals surface area contributed by atoms with E-state index in [1.165, 1.54) is 19.2 Å². The van der Waals surface area contributed by atoms with Gasteiger partial charge in [-0.05, 0) is 43.3 Å². The Morgan fingerprint density at radius 2 is 1.71 bits per heavy atom. The second kappa shape index (κ2) is 6.62. The molecular weight excluding hydrogens is 344 g/mol. The predicted molar refractivity (Wildman–Crippen MR) is 96.1 cm³/mol. The van der Waals surface area contributed by atoms with Crippen LogP contribution in [0.5, 0.6) is 5.75 Å². The monoisotopic (exact) mass is 360 g/mol. The van der Waals surface area contributed by atoms with E-state index >= 15 is 0 Å². The molecule has 1 heterocycles. The molecule has 24 heavy (non-hydrogen) atoms. The standard InChI is InChI=1S/C17H16N2O3S2/c1-12-18-17(11-23-12)13-3-5-14(6-4-13)19-24(20,21)16-9-7-15(22-2)8-10-16/h3-11,19H,1-2H3. The fourth-order valence-corrected chi connectivity index (χ4v) is 3.85. The molecule has 0 bridgehead atoms. The number of nitrogens with zero attached hydrogens (tertiary/aromatic N) is 1. The molecule has 0 fully saturated rings. The molecule has 0 aliphatic carbocycles. The van der Waals surface area contributed by atoms with E-state index in [1.54, 1.807) is 35.6 Å². The van der Waals surface area contributed by atoms with Gasteiger partial charge in [-0.1, -0.05) is 12.1 Å². The van der Waals surface area contributed by atoms with Gasteiger partial charge in [-0.15, -0.1) is 11.3 Å². The molecule has 0 unspecified atom stereocenters. The van der Waals surface area contributed by atoms with Crippen molar-refractivity contribution in [3.8, 4) is 17.0 Å². The van der Waals surface area contributed by atoms with Crippen LogP contribution in [0.3, 0.4) is 0 Å². The summed E-state index contributed by atoms with van der Waals surface area (Å²) in [5.41, 5.74) is 2.34. The highest BCUT2D eigenvalue weighted by Gasteiger charge is 2.14. The Morgan fingerprint density at radius 3 is 2.25 bits per heavy atom. The SMILES string of the molecule is COc1ccc(S(=O)(=O)Nc2ccc(-c3csc(C)n3)cc2)cc1.